The van der Waals surface area contributed by atoms with Crippen molar-refractivity contribution in [2.24, 2.45) is 0 Å². The molecule has 1 amide bonds. The van der Waals surface area contributed by atoms with Gasteiger partial charge in [0.2, 0.25) is 5.91 Å². The fourth-order valence-corrected chi connectivity index (χ4v) is 4.50. The molecule has 7 heteroatoms. The molecule has 3 rings (SSSR count). The van der Waals surface area contributed by atoms with Crippen LogP contribution in [-0.2, 0) is 20.4 Å². The van der Waals surface area contributed by atoms with Crippen LogP contribution in [0.15, 0.2) is 29.6 Å². The van der Waals surface area contributed by atoms with Crippen LogP contribution < -0.4 is 4.90 Å². The second-order valence-electron chi connectivity index (χ2n) is 5.40. The van der Waals surface area contributed by atoms with Crippen molar-refractivity contribution >= 4 is 32.8 Å². The van der Waals surface area contributed by atoms with Crippen LogP contribution >= 0.6 is 11.3 Å². The molecule has 1 aliphatic rings. The van der Waals surface area contributed by atoms with Gasteiger partial charge in [-0.25, -0.2) is 13.4 Å². The highest BCUT2D eigenvalue weighted by atomic mass is 32.2. The molecule has 1 fully saturated rings. The Hall–Kier alpha value is -1.73. The Morgan fingerprint density at radius 1 is 1.36 bits per heavy atom. The van der Waals surface area contributed by atoms with E-state index < -0.39 is 9.84 Å². The minimum absolute atomic E-state index is 0.0397. The second-order valence-corrected chi connectivity index (χ2v) is 8.48. The molecule has 0 aliphatic carbocycles. The molecule has 0 N–H and O–H groups in total. The van der Waals surface area contributed by atoms with E-state index in [2.05, 4.69) is 4.98 Å². The minimum Gasteiger partial charge on any atom is -0.312 e. The molecule has 1 saturated heterocycles. The Morgan fingerprint density at radius 3 is 2.86 bits per heavy atom. The van der Waals surface area contributed by atoms with E-state index in [9.17, 15) is 13.2 Å². The van der Waals surface area contributed by atoms with Gasteiger partial charge < -0.3 is 4.90 Å². The number of benzene rings is 1. The zero-order chi connectivity index (χ0) is 15.7. The topological polar surface area (TPSA) is 67.3 Å². The summed E-state index contributed by atoms with van der Waals surface area (Å²) in [4.78, 5) is 18.0. The van der Waals surface area contributed by atoms with Gasteiger partial charge in [-0.15, -0.1) is 11.3 Å². The quantitative estimate of drug-likeness (QED) is 0.860. The number of hydrogen-bond donors (Lipinski definition) is 0. The molecular formula is C15H16N2O3S2. The van der Waals surface area contributed by atoms with E-state index in [0.717, 1.165) is 29.9 Å². The molecule has 1 aromatic heterocycles. The second kappa shape index (κ2) is 5.81. The van der Waals surface area contributed by atoms with Crippen LogP contribution in [0, 0.1) is 0 Å². The predicted molar refractivity (Wildman–Crippen MR) is 87.7 cm³/mol. The summed E-state index contributed by atoms with van der Waals surface area (Å²) in [6.45, 7) is 0.749. The van der Waals surface area contributed by atoms with E-state index >= 15 is 0 Å². The summed E-state index contributed by atoms with van der Waals surface area (Å²) in [6, 6.07) is 7.66. The van der Waals surface area contributed by atoms with E-state index in [1.807, 2.05) is 29.6 Å². The average Bonchev–Trinajstić information content (AvgIpc) is 3.06. The average molecular weight is 336 g/mol. The van der Waals surface area contributed by atoms with Crippen LogP contribution in [0.5, 0.6) is 0 Å². The third kappa shape index (κ3) is 3.36. The number of nitrogens with zero attached hydrogens (tertiary/aromatic N) is 2. The number of thiazole rings is 1. The van der Waals surface area contributed by atoms with E-state index in [1.54, 1.807) is 4.90 Å². The molecule has 0 atom stereocenters. The number of aromatic nitrogens is 1. The largest absolute Gasteiger partial charge is 0.312 e. The first-order valence-corrected chi connectivity index (χ1v) is 9.89. The number of carbonyl (C=O) groups excluding carboxylic acids is 1. The number of hydrogen-bond acceptors (Lipinski definition) is 5. The molecule has 2 aromatic rings. The van der Waals surface area contributed by atoms with Crippen molar-refractivity contribution < 1.29 is 13.2 Å². The third-order valence-corrected chi connectivity index (χ3v) is 5.29. The fourth-order valence-electron chi connectivity index (χ4n) is 2.49. The maximum absolute atomic E-state index is 11.8. The lowest BCUT2D eigenvalue weighted by atomic mass is 10.1. The van der Waals surface area contributed by atoms with Gasteiger partial charge in [-0.2, -0.15) is 0 Å². The van der Waals surface area contributed by atoms with E-state index in [-0.39, 0.29) is 11.7 Å². The van der Waals surface area contributed by atoms with Gasteiger partial charge in [-0.3, -0.25) is 4.79 Å². The number of amides is 1. The van der Waals surface area contributed by atoms with Gasteiger partial charge in [-0.1, -0.05) is 12.1 Å². The molecule has 0 unspecified atom stereocenters. The van der Waals surface area contributed by atoms with Gasteiger partial charge >= 0.3 is 0 Å². The van der Waals surface area contributed by atoms with Gasteiger partial charge in [0.1, 0.15) is 10.8 Å². The minimum atomic E-state index is -3.08. The molecule has 116 valence electrons. The SMILES string of the molecule is CS(=O)(=O)Cc1nc(-c2cccc(N3CCCC3=O)c2)cs1. The first kappa shape index (κ1) is 15.2. The molecule has 1 aromatic carbocycles. The Morgan fingerprint density at radius 2 is 2.18 bits per heavy atom. The molecule has 0 saturated carbocycles. The highest BCUT2D eigenvalue weighted by Crippen LogP contribution is 2.28. The Labute approximate surface area is 133 Å². The smallest absolute Gasteiger partial charge is 0.227 e. The zero-order valence-electron chi connectivity index (χ0n) is 12.2. The predicted octanol–water partition coefficient (Wildman–Crippen LogP) is 2.48. The van der Waals surface area contributed by atoms with E-state index in [1.165, 1.54) is 17.6 Å². The number of anilines is 1. The first-order chi connectivity index (χ1) is 10.4. The number of rotatable bonds is 4. The molecule has 1 aliphatic heterocycles. The van der Waals surface area contributed by atoms with Crippen molar-refractivity contribution in [3.8, 4) is 11.3 Å². The summed E-state index contributed by atoms with van der Waals surface area (Å²) in [7, 11) is -3.08. The summed E-state index contributed by atoms with van der Waals surface area (Å²) in [5, 5.41) is 2.44. The van der Waals surface area contributed by atoms with Crippen molar-refractivity contribution in [3.63, 3.8) is 0 Å². The van der Waals surface area contributed by atoms with Gasteiger partial charge in [0.15, 0.2) is 9.84 Å². The maximum Gasteiger partial charge on any atom is 0.227 e. The van der Waals surface area contributed by atoms with Crippen molar-refractivity contribution in [1.82, 2.24) is 4.98 Å². The Kier molecular flexibility index (Phi) is 4.01. The normalized spacial score (nSPS) is 15.5. The van der Waals surface area contributed by atoms with Crippen LogP contribution in [0.1, 0.15) is 17.8 Å². The third-order valence-electron chi connectivity index (χ3n) is 3.46. The van der Waals surface area contributed by atoms with Gasteiger partial charge in [0, 0.05) is 35.9 Å². The van der Waals surface area contributed by atoms with Crippen molar-refractivity contribution in [1.29, 1.82) is 0 Å². The van der Waals surface area contributed by atoms with E-state index in [0.29, 0.717) is 11.4 Å². The van der Waals surface area contributed by atoms with Crippen molar-refractivity contribution in [2.75, 3.05) is 17.7 Å². The molecule has 2 heterocycles. The van der Waals surface area contributed by atoms with Crippen LogP contribution in [0.2, 0.25) is 0 Å². The van der Waals surface area contributed by atoms with E-state index in [4.69, 9.17) is 0 Å². The monoisotopic (exact) mass is 336 g/mol. The molecular weight excluding hydrogens is 320 g/mol. The lowest BCUT2D eigenvalue weighted by Gasteiger charge is -2.16. The van der Waals surface area contributed by atoms with Gasteiger partial charge in [0.05, 0.1) is 5.69 Å². The standard InChI is InChI=1S/C15H16N2O3S2/c1-22(19,20)10-14-16-13(9-21-14)11-4-2-5-12(8-11)17-7-3-6-15(17)18/h2,4-5,8-9H,3,6-7,10H2,1H3. The number of carbonyl (C=O) groups is 1. The Bertz CT molecular complexity index is 812. The molecule has 0 radical (unpaired) electrons. The molecule has 22 heavy (non-hydrogen) atoms. The zero-order valence-corrected chi connectivity index (χ0v) is 13.8. The van der Waals surface area contributed by atoms with Gasteiger partial charge in [0.25, 0.3) is 0 Å². The lowest BCUT2D eigenvalue weighted by molar-refractivity contribution is -0.117. The highest BCUT2D eigenvalue weighted by molar-refractivity contribution is 7.90. The molecule has 0 bridgehead atoms. The Balaban J connectivity index is 1.88. The van der Waals surface area contributed by atoms with Crippen LogP contribution in [0.3, 0.4) is 0 Å². The van der Waals surface area contributed by atoms with Crippen molar-refractivity contribution in [2.45, 2.75) is 18.6 Å². The summed E-state index contributed by atoms with van der Waals surface area (Å²) in [5.41, 5.74) is 2.52. The summed E-state index contributed by atoms with van der Waals surface area (Å²) >= 11 is 1.34. The molecule has 0 spiro atoms. The van der Waals surface area contributed by atoms with Gasteiger partial charge in [-0.05, 0) is 18.6 Å². The fraction of sp³-hybridized carbons (Fsp3) is 0.333. The van der Waals surface area contributed by atoms with Crippen LogP contribution in [0.4, 0.5) is 5.69 Å². The lowest BCUT2D eigenvalue weighted by Crippen LogP contribution is -2.23. The maximum atomic E-state index is 11.8. The summed E-state index contributed by atoms with van der Waals surface area (Å²) in [5.74, 6) is 0.107. The first-order valence-electron chi connectivity index (χ1n) is 6.95. The summed E-state index contributed by atoms with van der Waals surface area (Å²) < 4.78 is 22.7. The highest BCUT2D eigenvalue weighted by Gasteiger charge is 2.22. The summed E-state index contributed by atoms with van der Waals surface area (Å²) in [6.07, 6.45) is 2.69. The van der Waals surface area contributed by atoms with Crippen molar-refractivity contribution in [3.05, 3.63) is 34.7 Å². The number of sulfone groups is 1. The molecule has 5 nitrogen and oxygen atoms in total. The van der Waals surface area contributed by atoms with Crippen LogP contribution in [-0.4, -0.2) is 32.1 Å². The van der Waals surface area contributed by atoms with Crippen LogP contribution in [0.25, 0.3) is 11.3 Å².